The van der Waals surface area contributed by atoms with Crippen molar-refractivity contribution in [1.82, 2.24) is 14.5 Å². The van der Waals surface area contributed by atoms with Crippen LogP contribution in [0.2, 0.25) is 0 Å². The number of rotatable bonds is 5. The molecular formula is C15H16N4S. The maximum Gasteiger partial charge on any atom is 0.123 e. The molecule has 2 heterocycles. The smallest absolute Gasteiger partial charge is 0.123 e. The molecule has 102 valence electrons. The molecule has 0 unspecified atom stereocenters. The number of thiazole rings is 1. The molecule has 0 spiro atoms. The summed E-state index contributed by atoms with van der Waals surface area (Å²) in [5, 5.41) is 6.48. The van der Waals surface area contributed by atoms with Gasteiger partial charge in [0.15, 0.2) is 0 Å². The lowest BCUT2D eigenvalue weighted by Gasteiger charge is -2.09. The highest BCUT2D eigenvalue weighted by molar-refractivity contribution is 7.13. The van der Waals surface area contributed by atoms with Gasteiger partial charge >= 0.3 is 0 Å². The van der Waals surface area contributed by atoms with Crippen molar-refractivity contribution in [2.24, 2.45) is 0 Å². The van der Waals surface area contributed by atoms with Crippen molar-refractivity contribution in [3.63, 3.8) is 0 Å². The second-order valence-electron chi connectivity index (χ2n) is 4.44. The zero-order valence-corrected chi connectivity index (χ0v) is 12.1. The largest absolute Gasteiger partial charge is 0.379 e. The van der Waals surface area contributed by atoms with E-state index in [2.05, 4.69) is 51.0 Å². The molecule has 2 aromatic heterocycles. The van der Waals surface area contributed by atoms with Crippen LogP contribution in [0.5, 0.6) is 0 Å². The Kier molecular flexibility index (Phi) is 3.78. The predicted molar refractivity (Wildman–Crippen MR) is 82.8 cm³/mol. The lowest BCUT2D eigenvalue weighted by atomic mass is 10.2. The van der Waals surface area contributed by atoms with Crippen molar-refractivity contribution in [1.29, 1.82) is 0 Å². The average molecular weight is 284 g/mol. The second-order valence-corrected chi connectivity index (χ2v) is 5.34. The fourth-order valence-electron chi connectivity index (χ4n) is 2.10. The highest BCUT2D eigenvalue weighted by Gasteiger charge is 2.03. The summed E-state index contributed by atoms with van der Waals surface area (Å²) in [4.78, 5) is 8.52. The maximum absolute atomic E-state index is 4.34. The molecule has 0 saturated carbocycles. The average Bonchev–Trinajstić information content (AvgIpc) is 3.16. The number of anilines is 1. The first kappa shape index (κ1) is 12.9. The van der Waals surface area contributed by atoms with Gasteiger partial charge in [0.05, 0.1) is 18.6 Å². The highest BCUT2D eigenvalue weighted by atomic mass is 32.1. The normalized spacial score (nSPS) is 10.7. The number of hydrogen-bond acceptors (Lipinski definition) is 4. The van der Waals surface area contributed by atoms with Crippen molar-refractivity contribution in [2.75, 3.05) is 5.32 Å². The van der Waals surface area contributed by atoms with Gasteiger partial charge in [-0.15, -0.1) is 11.3 Å². The first-order valence-corrected chi connectivity index (χ1v) is 7.47. The minimum Gasteiger partial charge on any atom is -0.379 e. The van der Waals surface area contributed by atoms with Crippen LogP contribution < -0.4 is 5.32 Å². The van der Waals surface area contributed by atoms with Crippen LogP contribution in [0.15, 0.2) is 48.4 Å². The maximum atomic E-state index is 4.34. The van der Waals surface area contributed by atoms with Gasteiger partial charge in [-0.25, -0.2) is 9.97 Å². The van der Waals surface area contributed by atoms with Crippen LogP contribution in [0.4, 0.5) is 5.69 Å². The van der Waals surface area contributed by atoms with E-state index in [1.165, 1.54) is 5.69 Å². The lowest BCUT2D eigenvalue weighted by Crippen LogP contribution is -2.05. The lowest BCUT2D eigenvalue weighted by molar-refractivity contribution is 0.719. The van der Waals surface area contributed by atoms with Crippen LogP contribution in [0, 0.1) is 0 Å². The quantitative estimate of drug-likeness (QED) is 0.778. The summed E-state index contributed by atoms with van der Waals surface area (Å²) >= 11 is 1.65. The summed E-state index contributed by atoms with van der Waals surface area (Å²) in [6.45, 7) is 3.83. The zero-order valence-electron chi connectivity index (χ0n) is 11.3. The molecule has 3 aromatic rings. The number of nitrogens with zero attached hydrogens (tertiary/aromatic N) is 3. The predicted octanol–water partition coefficient (Wildman–Crippen LogP) is 3.64. The van der Waals surface area contributed by atoms with E-state index in [1.54, 1.807) is 11.3 Å². The standard InChI is InChI=1S/C15H16N4S/c1-2-19-11-16-9-14(19)10-18-13-5-3-4-12(8-13)15-17-6-7-20-15/h3-9,11,18H,2,10H2,1H3. The molecule has 0 bridgehead atoms. The van der Waals surface area contributed by atoms with E-state index < -0.39 is 0 Å². The molecule has 1 aromatic carbocycles. The molecule has 0 aliphatic heterocycles. The Morgan fingerprint density at radius 2 is 2.30 bits per heavy atom. The Bertz CT molecular complexity index is 673. The number of imidazole rings is 1. The molecule has 0 amide bonds. The van der Waals surface area contributed by atoms with E-state index in [9.17, 15) is 0 Å². The van der Waals surface area contributed by atoms with Crippen LogP contribution in [0.3, 0.4) is 0 Å². The van der Waals surface area contributed by atoms with Crippen molar-refractivity contribution >= 4 is 17.0 Å². The van der Waals surface area contributed by atoms with Gasteiger partial charge in [0, 0.05) is 35.6 Å². The first-order valence-electron chi connectivity index (χ1n) is 6.59. The van der Waals surface area contributed by atoms with Gasteiger partial charge in [-0.3, -0.25) is 0 Å². The fraction of sp³-hybridized carbons (Fsp3) is 0.200. The Morgan fingerprint density at radius 3 is 3.10 bits per heavy atom. The molecule has 4 nitrogen and oxygen atoms in total. The number of nitrogens with one attached hydrogen (secondary N) is 1. The van der Waals surface area contributed by atoms with Crippen LogP contribution in [-0.4, -0.2) is 14.5 Å². The van der Waals surface area contributed by atoms with Gasteiger partial charge in [0.25, 0.3) is 0 Å². The minimum atomic E-state index is 0.773. The monoisotopic (exact) mass is 284 g/mol. The Balaban J connectivity index is 1.74. The molecule has 5 heteroatoms. The molecule has 0 radical (unpaired) electrons. The van der Waals surface area contributed by atoms with Crippen molar-refractivity contribution in [2.45, 2.75) is 20.0 Å². The molecule has 0 aliphatic carbocycles. The fourth-order valence-corrected chi connectivity index (χ4v) is 2.74. The van der Waals surface area contributed by atoms with Gasteiger partial charge in [-0.1, -0.05) is 12.1 Å². The number of benzene rings is 1. The van der Waals surface area contributed by atoms with E-state index in [4.69, 9.17) is 0 Å². The molecule has 0 saturated heterocycles. The van der Waals surface area contributed by atoms with Gasteiger partial charge in [-0.2, -0.15) is 0 Å². The van der Waals surface area contributed by atoms with Crippen LogP contribution in [0.25, 0.3) is 10.6 Å². The van der Waals surface area contributed by atoms with E-state index in [1.807, 2.05) is 24.1 Å². The van der Waals surface area contributed by atoms with Gasteiger partial charge in [-0.05, 0) is 19.1 Å². The van der Waals surface area contributed by atoms with Crippen LogP contribution >= 0.6 is 11.3 Å². The second kappa shape index (κ2) is 5.88. The van der Waals surface area contributed by atoms with Gasteiger partial charge in [0.1, 0.15) is 5.01 Å². The third-order valence-corrected chi connectivity index (χ3v) is 3.98. The highest BCUT2D eigenvalue weighted by Crippen LogP contribution is 2.24. The summed E-state index contributed by atoms with van der Waals surface area (Å²) in [5.74, 6) is 0. The summed E-state index contributed by atoms with van der Waals surface area (Å²) in [6.07, 6.45) is 5.60. The minimum absolute atomic E-state index is 0.773. The van der Waals surface area contributed by atoms with Gasteiger partial charge < -0.3 is 9.88 Å². The third-order valence-electron chi connectivity index (χ3n) is 3.15. The van der Waals surface area contributed by atoms with Crippen LogP contribution in [-0.2, 0) is 13.1 Å². The third kappa shape index (κ3) is 2.72. The number of hydrogen-bond donors (Lipinski definition) is 1. The zero-order chi connectivity index (χ0) is 13.8. The van der Waals surface area contributed by atoms with Gasteiger partial charge in [0.2, 0.25) is 0 Å². The molecule has 20 heavy (non-hydrogen) atoms. The Hall–Kier alpha value is -2.14. The van der Waals surface area contributed by atoms with Crippen molar-refractivity contribution < 1.29 is 0 Å². The first-order chi connectivity index (χ1) is 9.86. The van der Waals surface area contributed by atoms with E-state index in [0.717, 1.165) is 29.3 Å². The van der Waals surface area contributed by atoms with E-state index >= 15 is 0 Å². The summed E-state index contributed by atoms with van der Waals surface area (Å²) in [7, 11) is 0. The van der Waals surface area contributed by atoms with E-state index in [-0.39, 0.29) is 0 Å². The van der Waals surface area contributed by atoms with Crippen molar-refractivity contribution in [3.8, 4) is 10.6 Å². The molecule has 3 rings (SSSR count). The van der Waals surface area contributed by atoms with E-state index in [0.29, 0.717) is 0 Å². The SMILES string of the molecule is CCn1cncc1CNc1cccc(-c2nccs2)c1. The summed E-state index contributed by atoms with van der Waals surface area (Å²) in [5.41, 5.74) is 3.43. The molecular weight excluding hydrogens is 268 g/mol. The molecule has 1 N–H and O–H groups in total. The Morgan fingerprint density at radius 1 is 1.35 bits per heavy atom. The number of aromatic nitrogens is 3. The summed E-state index contributed by atoms with van der Waals surface area (Å²) < 4.78 is 2.14. The molecule has 0 atom stereocenters. The van der Waals surface area contributed by atoms with Crippen LogP contribution in [0.1, 0.15) is 12.6 Å². The molecule has 0 fully saturated rings. The van der Waals surface area contributed by atoms with Crippen molar-refractivity contribution in [3.05, 3.63) is 54.1 Å². The summed E-state index contributed by atoms with van der Waals surface area (Å²) in [6, 6.07) is 8.34. The topological polar surface area (TPSA) is 42.7 Å². The Labute approximate surface area is 122 Å². The number of aryl methyl sites for hydroxylation is 1. The molecule has 0 aliphatic rings.